The highest BCUT2D eigenvalue weighted by Crippen LogP contribution is 2.22. The lowest BCUT2D eigenvalue weighted by atomic mass is 10.0. The monoisotopic (exact) mass is 180 g/mol. The van der Waals surface area contributed by atoms with Crippen LogP contribution in [0.3, 0.4) is 0 Å². The van der Waals surface area contributed by atoms with Crippen LogP contribution in [0.25, 0.3) is 0 Å². The highest BCUT2D eigenvalue weighted by Gasteiger charge is 2.09. The summed E-state index contributed by atoms with van der Waals surface area (Å²) in [5.74, 6) is -0.241. The van der Waals surface area contributed by atoms with E-state index in [1.165, 1.54) is 6.07 Å². The highest BCUT2D eigenvalue weighted by atomic mass is 19.1. The minimum absolute atomic E-state index is 0.241. The van der Waals surface area contributed by atoms with Crippen molar-refractivity contribution in [1.29, 1.82) is 5.41 Å². The zero-order valence-corrected chi connectivity index (χ0v) is 8.03. The average molecular weight is 180 g/mol. The van der Waals surface area contributed by atoms with E-state index >= 15 is 0 Å². The Balaban J connectivity index is 3.38. The molecule has 0 bridgehead atoms. The van der Waals surface area contributed by atoms with Gasteiger partial charge in [0.15, 0.2) is 0 Å². The summed E-state index contributed by atoms with van der Waals surface area (Å²) in [6, 6.07) is 3.01. The van der Waals surface area contributed by atoms with Gasteiger partial charge in [0.05, 0.1) is 0 Å². The number of rotatable bonds is 2. The Labute approximate surface area is 77.3 Å². The SMILES string of the molecule is CNc1c(C(C)=N)ccc(F)c1C. The van der Waals surface area contributed by atoms with Gasteiger partial charge in [-0.1, -0.05) is 0 Å². The number of anilines is 1. The summed E-state index contributed by atoms with van der Waals surface area (Å²) in [5, 5.41) is 10.4. The molecule has 2 nitrogen and oxygen atoms in total. The average Bonchev–Trinajstić information content (AvgIpc) is 2.09. The molecule has 0 heterocycles. The third-order valence-corrected chi connectivity index (χ3v) is 2.05. The minimum atomic E-state index is -0.241. The fourth-order valence-corrected chi connectivity index (χ4v) is 1.32. The third-order valence-electron chi connectivity index (χ3n) is 2.05. The molecular formula is C10H13FN2. The van der Waals surface area contributed by atoms with E-state index in [1.807, 2.05) is 0 Å². The van der Waals surface area contributed by atoms with Gasteiger partial charge in [-0.25, -0.2) is 4.39 Å². The second-order valence-electron chi connectivity index (χ2n) is 2.97. The van der Waals surface area contributed by atoms with E-state index < -0.39 is 0 Å². The molecule has 0 aliphatic rings. The first-order valence-electron chi connectivity index (χ1n) is 4.10. The summed E-state index contributed by atoms with van der Waals surface area (Å²) in [7, 11) is 1.73. The summed E-state index contributed by atoms with van der Waals surface area (Å²) in [5.41, 5.74) is 2.45. The van der Waals surface area contributed by atoms with Crippen LogP contribution in [-0.4, -0.2) is 12.8 Å². The molecule has 0 fully saturated rings. The summed E-state index contributed by atoms with van der Waals surface area (Å²) >= 11 is 0. The predicted molar refractivity (Wildman–Crippen MR) is 53.2 cm³/mol. The fraction of sp³-hybridized carbons (Fsp3) is 0.300. The molecule has 0 saturated heterocycles. The Hall–Kier alpha value is -1.38. The van der Waals surface area contributed by atoms with Crippen LogP contribution >= 0.6 is 0 Å². The zero-order chi connectivity index (χ0) is 10.0. The Morgan fingerprint density at radius 1 is 1.46 bits per heavy atom. The number of hydrogen-bond donors (Lipinski definition) is 2. The molecule has 0 unspecified atom stereocenters. The molecule has 2 N–H and O–H groups in total. The van der Waals surface area contributed by atoms with Crippen LogP contribution in [0.1, 0.15) is 18.1 Å². The summed E-state index contributed by atoms with van der Waals surface area (Å²) in [6.07, 6.45) is 0. The van der Waals surface area contributed by atoms with E-state index in [0.29, 0.717) is 17.0 Å². The van der Waals surface area contributed by atoms with Crippen LogP contribution in [0.2, 0.25) is 0 Å². The fourth-order valence-electron chi connectivity index (χ4n) is 1.32. The van der Waals surface area contributed by atoms with Crippen molar-refractivity contribution in [2.45, 2.75) is 13.8 Å². The molecule has 0 saturated carbocycles. The van der Waals surface area contributed by atoms with Crippen molar-refractivity contribution in [1.82, 2.24) is 0 Å². The normalized spacial score (nSPS) is 9.85. The smallest absolute Gasteiger partial charge is 0.128 e. The van der Waals surface area contributed by atoms with Gasteiger partial charge in [0.1, 0.15) is 5.82 Å². The first kappa shape index (κ1) is 9.71. The molecule has 0 radical (unpaired) electrons. The van der Waals surface area contributed by atoms with Gasteiger partial charge >= 0.3 is 0 Å². The second kappa shape index (κ2) is 3.56. The Kier molecular flexibility index (Phi) is 2.66. The molecule has 13 heavy (non-hydrogen) atoms. The summed E-state index contributed by atoms with van der Waals surface area (Å²) in [6.45, 7) is 3.39. The van der Waals surface area contributed by atoms with Gasteiger partial charge in [0.25, 0.3) is 0 Å². The van der Waals surface area contributed by atoms with E-state index in [1.54, 1.807) is 27.0 Å². The van der Waals surface area contributed by atoms with Gasteiger partial charge in [-0.15, -0.1) is 0 Å². The van der Waals surface area contributed by atoms with Gasteiger partial charge in [0.2, 0.25) is 0 Å². The number of hydrogen-bond acceptors (Lipinski definition) is 2. The maximum atomic E-state index is 13.1. The van der Waals surface area contributed by atoms with Crippen molar-refractivity contribution in [3.8, 4) is 0 Å². The topological polar surface area (TPSA) is 35.9 Å². The van der Waals surface area contributed by atoms with Gasteiger partial charge in [-0.3, -0.25) is 0 Å². The van der Waals surface area contributed by atoms with Gasteiger partial charge < -0.3 is 10.7 Å². The van der Waals surface area contributed by atoms with Crippen molar-refractivity contribution >= 4 is 11.4 Å². The molecule has 0 aromatic heterocycles. The van der Waals surface area contributed by atoms with E-state index in [9.17, 15) is 4.39 Å². The summed E-state index contributed by atoms with van der Waals surface area (Å²) in [4.78, 5) is 0. The molecule has 0 atom stereocenters. The van der Waals surface area contributed by atoms with E-state index in [4.69, 9.17) is 5.41 Å². The van der Waals surface area contributed by atoms with Crippen molar-refractivity contribution in [2.75, 3.05) is 12.4 Å². The Morgan fingerprint density at radius 3 is 2.54 bits per heavy atom. The van der Waals surface area contributed by atoms with Crippen LogP contribution in [-0.2, 0) is 0 Å². The Morgan fingerprint density at radius 2 is 2.08 bits per heavy atom. The van der Waals surface area contributed by atoms with Crippen LogP contribution < -0.4 is 5.32 Å². The predicted octanol–water partition coefficient (Wildman–Crippen LogP) is 2.56. The van der Waals surface area contributed by atoms with Crippen molar-refractivity contribution in [2.24, 2.45) is 0 Å². The van der Waals surface area contributed by atoms with E-state index in [2.05, 4.69) is 5.32 Å². The summed E-state index contributed by atoms with van der Waals surface area (Å²) < 4.78 is 13.1. The lowest BCUT2D eigenvalue weighted by Gasteiger charge is -2.11. The van der Waals surface area contributed by atoms with Gasteiger partial charge in [-0.05, 0) is 26.0 Å². The number of benzene rings is 1. The van der Waals surface area contributed by atoms with E-state index in [-0.39, 0.29) is 5.82 Å². The molecular weight excluding hydrogens is 167 g/mol. The highest BCUT2D eigenvalue weighted by molar-refractivity contribution is 6.01. The molecule has 70 valence electrons. The molecule has 3 heteroatoms. The molecule has 0 amide bonds. The lowest BCUT2D eigenvalue weighted by molar-refractivity contribution is 0.619. The van der Waals surface area contributed by atoms with E-state index in [0.717, 1.165) is 5.56 Å². The van der Waals surface area contributed by atoms with Gasteiger partial charge in [-0.2, -0.15) is 0 Å². The molecule has 0 aliphatic carbocycles. The maximum absolute atomic E-state index is 13.1. The largest absolute Gasteiger partial charge is 0.387 e. The van der Waals surface area contributed by atoms with Crippen LogP contribution in [0.15, 0.2) is 12.1 Å². The maximum Gasteiger partial charge on any atom is 0.128 e. The molecule has 1 aromatic carbocycles. The zero-order valence-electron chi connectivity index (χ0n) is 8.03. The molecule has 1 rings (SSSR count). The van der Waals surface area contributed by atoms with Crippen LogP contribution in [0.4, 0.5) is 10.1 Å². The van der Waals surface area contributed by atoms with Crippen molar-refractivity contribution < 1.29 is 4.39 Å². The van der Waals surface area contributed by atoms with Gasteiger partial charge in [0, 0.05) is 29.6 Å². The number of nitrogens with one attached hydrogen (secondary N) is 2. The second-order valence-corrected chi connectivity index (χ2v) is 2.97. The van der Waals surface area contributed by atoms with Crippen molar-refractivity contribution in [3.05, 3.63) is 29.1 Å². The Bertz CT molecular complexity index is 345. The minimum Gasteiger partial charge on any atom is -0.387 e. The molecule has 0 aliphatic heterocycles. The molecule has 1 aromatic rings. The third kappa shape index (κ3) is 1.69. The first-order chi connectivity index (χ1) is 6.07. The van der Waals surface area contributed by atoms with Crippen LogP contribution in [0.5, 0.6) is 0 Å². The first-order valence-corrected chi connectivity index (χ1v) is 4.10. The molecule has 0 spiro atoms. The van der Waals surface area contributed by atoms with Crippen molar-refractivity contribution in [3.63, 3.8) is 0 Å². The van der Waals surface area contributed by atoms with Crippen LogP contribution in [0, 0.1) is 18.2 Å². The standard InChI is InChI=1S/C10H13FN2/c1-6-9(11)5-4-8(7(2)12)10(6)13-3/h4-5,12-13H,1-3H3. The quantitative estimate of drug-likeness (QED) is 0.674. The lowest BCUT2D eigenvalue weighted by Crippen LogP contribution is -2.03. The number of halogens is 1.